The lowest BCUT2D eigenvalue weighted by atomic mass is 9.74. The number of Topliss-reactive ketones (excluding diaryl/α,β-unsaturated/α-hetero) is 1. The van der Waals surface area contributed by atoms with Crippen molar-refractivity contribution in [1.82, 2.24) is 0 Å². The summed E-state index contributed by atoms with van der Waals surface area (Å²) in [6.07, 6.45) is 6.77. The third-order valence-electron chi connectivity index (χ3n) is 3.88. The molecule has 0 N–H and O–H groups in total. The van der Waals surface area contributed by atoms with Gasteiger partial charge in [-0.2, -0.15) is 5.26 Å². The minimum atomic E-state index is -0.0459. The molecule has 0 aromatic heterocycles. The maximum absolute atomic E-state index is 11.8. The summed E-state index contributed by atoms with van der Waals surface area (Å²) in [5, 5.41) is 8.70. The average Bonchev–Trinajstić information content (AvgIpc) is 2.65. The molecule has 2 aliphatic carbocycles. The van der Waals surface area contributed by atoms with Gasteiger partial charge < -0.3 is 0 Å². The highest BCUT2D eigenvalue weighted by Gasteiger charge is 2.50. The smallest absolute Gasteiger partial charge is 0.139 e. The van der Waals surface area contributed by atoms with Gasteiger partial charge in [-0.1, -0.05) is 6.42 Å². The van der Waals surface area contributed by atoms with E-state index in [0.717, 1.165) is 38.5 Å². The summed E-state index contributed by atoms with van der Waals surface area (Å²) < 4.78 is 0. The van der Waals surface area contributed by atoms with Crippen molar-refractivity contribution in [1.29, 1.82) is 5.26 Å². The molecule has 0 saturated heterocycles. The number of carbonyl (C=O) groups is 1. The van der Waals surface area contributed by atoms with Gasteiger partial charge in [-0.3, -0.25) is 4.79 Å². The fourth-order valence-electron chi connectivity index (χ4n) is 3.20. The fraction of sp³-hybridized carbons (Fsp3) is 0.818. The van der Waals surface area contributed by atoms with Crippen LogP contribution in [0.5, 0.6) is 0 Å². The van der Waals surface area contributed by atoms with Crippen LogP contribution in [0.2, 0.25) is 0 Å². The van der Waals surface area contributed by atoms with E-state index in [1.807, 2.05) is 0 Å². The van der Waals surface area contributed by atoms with E-state index in [1.54, 1.807) is 0 Å². The van der Waals surface area contributed by atoms with Crippen LogP contribution < -0.4 is 0 Å². The highest BCUT2D eigenvalue weighted by atomic mass is 16.1. The number of hydrogen-bond acceptors (Lipinski definition) is 2. The second kappa shape index (κ2) is 3.14. The largest absolute Gasteiger partial charge is 0.299 e. The van der Waals surface area contributed by atoms with Gasteiger partial charge in [-0.25, -0.2) is 0 Å². The van der Waals surface area contributed by atoms with Crippen molar-refractivity contribution in [3.05, 3.63) is 0 Å². The Morgan fingerprint density at radius 1 is 1.46 bits per heavy atom. The van der Waals surface area contributed by atoms with Crippen molar-refractivity contribution in [2.24, 2.45) is 11.3 Å². The first kappa shape index (κ1) is 8.74. The lowest BCUT2D eigenvalue weighted by Crippen LogP contribution is -2.29. The number of hydrogen-bond donors (Lipinski definition) is 0. The van der Waals surface area contributed by atoms with E-state index < -0.39 is 0 Å². The molecule has 0 bridgehead atoms. The maximum Gasteiger partial charge on any atom is 0.139 e. The van der Waals surface area contributed by atoms with E-state index in [-0.39, 0.29) is 5.41 Å². The van der Waals surface area contributed by atoms with Crippen LogP contribution in [-0.2, 0) is 4.79 Å². The summed E-state index contributed by atoms with van der Waals surface area (Å²) in [6.45, 7) is 0. The van der Waals surface area contributed by atoms with Crippen molar-refractivity contribution < 1.29 is 4.79 Å². The minimum absolute atomic E-state index is 0.0459. The van der Waals surface area contributed by atoms with Crippen LogP contribution in [-0.4, -0.2) is 5.78 Å². The van der Waals surface area contributed by atoms with Crippen LogP contribution in [0.1, 0.15) is 44.9 Å². The van der Waals surface area contributed by atoms with Gasteiger partial charge in [-0.05, 0) is 31.6 Å². The van der Waals surface area contributed by atoms with Gasteiger partial charge in [0.1, 0.15) is 5.78 Å². The zero-order valence-electron chi connectivity index (χ0n) is 7.88. The topological polar surface area (TPSA) is 40.9 Å². The first-order valence-corrected chi connectivity index (χ1v) is 5.20. The molecule has 0 aliphatic heterocycles. The molecule has 1 unspecified atom stereocenters. The summed E-state index contributed by atoms with van der Waals surface area (Å²) >= 11 is 0. The van der Waals surface area contributed by atoms with Gasteiger partial charge in [0.25, 0.3) is 0 Å². The van der Waals surface area contributed by atoms with Crippen molar-refractivity contribution >= 4 is 5.78 Å². The van der Waals surface area contributed by atoms with Crippen molar-refractivity contribution in [2.75, 3.05) is 0 Å². The standard InChI is InChI=1S/C11H15NO/c12-8-5-9-3-1-6-11(9)7-2-4-10(11)13/h9H,1-7H2/t9?,11-/m0/s1. The molecule has 0 heterocycles. The van der Waals surface area contributed by atoms with Crippen LogP contribution in [0.15, 0.2) is 0 Å². The van der Waals surface area contributed by atoms with E-state index in [1.165, 1.54) is 0 Å². The Morgan fingerprint density at radius 2 is 2.23 bits per heavy atom. The zero-order chi connectivity index (χ0) is 9.31. The van der Waals surface area contributed by atoms with E-state index in [2.05, 4.69) is 6.07 Å². The Labute approximate surface area is 78.9 Å². The maximum atomic E-state index is 11.8. The fourth-order valence-corrected chi connectivity index (χ4v) is 3.20. The zero-order valence-corrected chi connectivity index (χ0v) is 7.88. The highest BCUT2D eigenvalue weighted by molar-refractivity contribution is 5.87. The molecule has 2 rings (SSSR count). The predicted molar refractivity (Wildman–Crippen MR) is 48.9 cm³/mol. The van der Waals surface area contributed by atoms with Gasteiger partial charge in [0.05, 0.1) is 6.07 Å². The molecular weight excluding hydrogens is 162 g/mol. The summed E-state index contributed by atoms with van der Waals surface area (Å²) in [7, 11) is 0. The molecule has 0 amide bonds. The third-order valence-corrected chi connectivity index (χ3v) is 3.88. The molecule has 2 nitrogen and oxygen atoms in total. The molecule has 2 saturated carbocycles. The predicted octanol–water partition coefficient (Wildman–Crippen LogP) is 2.44. The van der Waals surface area contributed by atoms with Crippen molar-refractivity contribution in [3.63, 3.8) is 0 Å². The number of carbonyl (C=O) groups excluding carboxylic acids is 1. The minimum Gasteiger partial charge on any atom is -0.299 e. The Balaban J connectivity index is 2.20. The highest BCUT2D eigenvalue weighted by Crippen LogP contribution is 2.53. The molecule has 0 radical (unpaired) electrons. The molecule has 1 spiro atoms. The number of rotatable bonds is 1. The Kier molecular flexibility index (Phi) is 2.11. The number of ketones is 1. The van der Waals surface area contributed by atoms with Crippen molar-refractivity contribution in [3.8, 4) is 6.07 Å². The molecule has 2 atom stereocenters. The molecule has 13 heavy (non-hydrogen) atoms. The van der Waals surface area contributed by atoms with Crippen LogP contribution in [0.3, 0.4) is 0 Å². The Hall–Kier alpha value is -0.840. The molecular formula is C11H15NO. The molecule has 0 aromatic rings. The Morgan fingerprint density at radius 3 is 2.85 bits per heavy atom. The monoisotopic (exact) mass is 177 g/mol. The van der Waals surface area contributed by atoms with Crippen LogP contribution in [0, 0.1) is 22.7 Å². The second-order valence-electron chi connectivity index (χ2n) is 4.38. The van der Waals surface area contributed by atoms with E-state index in [4.69, 9.17) is 5.26 Å². The summed E-state index contributed by atoms with van der Waals surface area (Å²) in [5.41, 5.74) is -0.0459. The Bertz CT molecular complexity index is 262. The average molecular weight is 177 g/mol. The molecule has 0 aromatic carbocycles. The van der Waals surface area contributed by atoms with Gasteiger partial charge in [0, 0.05) is 18.3 Å². The van der Waals surface area contributed by atoms with Crippen LogP contribution in [0.25, 0.3) is 0 Å². The molecule has 2 aliphatic rings. The first-order chi connectivity index (χ1) is 6.29. The van der Waals surface area contributed by atoms with Gasteiger partial charge in [-0.15, -0.1) is 0 Å². The number of nitriles is 1. The molecule has 2 fully saturated rings. The summed E-state index contributed by atoms with van der Waals surface area (Å²) in [5.74, 6) is 0.831. The SMILES string of the molecule is N#CCC1CCC[C@]12CCCC2=O. The van der Waals surface area contributed by atoms with Crippen LogP contribution >= 0.6 is 0 Å². The summed E-state index contributed by atoms with van der Waals surface area (Å²) in [6, 6.07) is 2.23. The lowest BCUT2D eigenvalue weighted by Gasteiger charge is -2.27. The first-order valence-electron chi connectivity index (χ1n) is 5.20. The van der Waals surface area contributed by atoms with E-state index >= 15 is 0 Å². The van der Waals surface area contributed by atoms with Gasteiger partial charge >= 0.3 is 0 Å². The second-order valence-corrected chi connectivity index (χ2v) is 4.38. The van der Waals surface area contributed by atoms with Gasteiger partial charge in [0.2, 0.25) is 0 Å². The molecule has 70 valence electrons. The van der Waals surface area contributed by atoms with Crippen molar-refractivity contribution in [2.45, 2.75) is 44.9 Å². The normalized spacial score (nSPS) is 38.4. The summed E-state index contributed by atoms with van der Waals surface area (Å²) in [4.78, 5) is 11.8. The van der Waals surface area contributed by atoms with Crippen LogP contribution in [0.4, 0.5) is 0 Å². The van der Waals surface area contributed by atoms with E-state index in [0.29, 0.717) is 18.1 Å². The molecule has 2 heteroatoms. The quantitative estimate of drug-likeness (QED) is 0.617. The third kappa shape index (κ3) is 1.18. The van der Waals surface area contributed by atoms with E-state index in [9.17, 15) is 4.79 Å². The van der Waals surface area contributed by atoms with Gasteiger partial charge in [0.15, 0.2) is 0 Å². The lowest BCUT2D eigenvalue weighted by molar-refractivity contribution is -0.127. The number of nitrogens with zero attached hydrogens (tertiary/aromatic N) is 1.